The van der Waals surface area contributed by atoms with E-state index in [1.54, 1.807) is 0 Å². The Hall–Kier alpha value is -1.10. The average Bonchev–Trinajstić information content (AvgIpc) is 2.70. The Morgan fingerprint density at radius 1 is 0.786 bits per heavy atom. The molecule has 0 aliphatic rings. The fourth-order valence-corrected chi connectivity index (χ4v) is 3.45. The van der Waals surface area contributed by atoms with Crippen molar-refractivity contribution >= 4 is 11.9 Å². The molecule has 0 saturated carbocycles. The van der Waals surface area contributed by atoms with E-state index in [4.69, 9.17) is 10.5 Å². The summed E-state index contributed by atoms with van der Waals surface area (Å²) in [6, 6.07) is -0.536. The number of hydrogen-bond acceptors (Lipinski definition) is 4. The van der Waals surface area contributed by atoms with Crippen LogP contribution in [-0.4, -0.2) is 31.6 Å². The Labute approximate surface area is 173 Å². The first-order valence-corrected chi connectivity index (χ1v) is 11.7. The molecule has 5 nitrogen and oxygen atoms in total. The molecule has 0 aliphatic carbocycles. The van der Waals surface area contributed by atoms with Crippen molar-refractivity contribution in [2.24, 2.45) is 5.73 Å². The Morgan fingerprint density at radius 2 is 1.29 bits per heavy atom. The lowest BCUT2D eigenvalue weighted by Crippen LogP contribution is -2.41. The first kappa shape index (κ1) is 26.9. The quantitative estimate of drug-likeness (QED) is 0.217. The number of ether oxygens (including phenoxy) is 1. The van der Waals surface area contributed by atoms with Crippen molar-refractivity contribution in [2.75, 3.05) is 13.7 Å². The van der Waals surface area contributed by atoms with Gasteiger partial charge in [-0.1, -0.05) is 84.0 Å². The Bertz CT molecular complexity index is 375. The summed E-state index contributed by atoms with van der Waals surface area (Å²) in [5.41, 5.74) is 5.48. The maximum Gasteiger partial charge on any atom is 0.328 e. The third kappa shape index (κ3) is 17.0. The van der Waals surface area contributed by atoms with Crippen molar-refractivity contribution in [3.63, 3.8) is 0 Å². The van der Waals surface area contributed by atoms with E-state index in [-0.39, 0.29) is 11.9 Å². The van der Waals surface area contributed by atoms with Crippen LogP contribution in [0.15, 0.2) is 0 Å². The number of amides is 1. The van der Waals surface area contributed by atoms with Crippen LogP contribution < -0.4 is 11.1 Å². The molecule has 0 spiro atoms. The van der Waals surface area contributed by atoms with Gasteiger partial charge in [0.05, 0.1) is 7.11 Å². The topological polar surface area (TPSA) is 81.4 Å². The lowest BCUT2D eigenvalue weighted by atomic mass is 10.0. The van der Waals surface area contributed by atoms with Crippen molar-refractivity contribution in [2.45, 2.75) is 122 Å². The number of hydrogen-bond donors (Lipinski definition) is 2. The molecular weight excluding hydrogens is 352 g/mol. The molecule has 0 fully saturated rings. The molecular formula is C23H46N2O3. The highest BCUT2D eigenvalue weighted by atomic mass is 16.5. The fourth-order valence-electron chi connectivity index (χ4n) is 3.45. The van der Waals surface area contributed by atoms with Crippen molar-refractivity contribution in [1.29, 1.82) is 0 Å². The van der Waals surface area contributed by atoms with Gasteiger partial charge in [0.1, 0.15) is 6.04 Å². The summed E-state index contributed by atoms with van der Waals surface area (Å²) >= 11 is 0. The second-order valence-corrected chi connectivity index (χ2v) is 7.92. The maximum atomic E-state index is 12.1. The third-order valence-electron chi connectivity index (χ3n) is 5.28. The molecule has 28 heavy (non-hydrogen) atoms. The van der Waals surface area contributed by atoms with Gasteiger partial charge in [-0.05, 0) is 32.2 Å². The zero-order chi connectivity index (χ0) is 20.9. The highest BCUT2D eigenvalue weighted by Crippen LogP contribution is 2.13. The van der Waals surface area contributed by atoms with Crippen LogP contribution in [0.5, 0.6) is 0 Å². The second-order valence-electron chi connectivity index (χ2n) is 7.92. The summed E-state index contributed by atoms with van der Waals surface area (Å²) in [5, 5.41) is 2.82. The molecule has 0 aromatic rings. The minimum atomic E-state index is -0.536. The second kappa shape index (κ2) is 20.6. The number of carbonyl (C=O) groups is 2. The molecule has 0 radical (unpaired) electrons. The van der Waals surface area contributed by atoms with Gasteiger partial charge in [-0.3, -0.25) is 4.79 Å². The van der Waals surface area contributed by atoms with Gasteiger partial charge in [0.2, 0.25) is 5.91 Å². The molecule has 0 bridgehead atoms. The molecule has 166 valence electrons. The molecule has 1 atom stereocenters. The SMILES string of the molecule is CCCCCCCCCCCCCCCC(=O)NC(CCCCN)C(=O)OC. The Kier molecular flexibility index (Phi) is 19.8. The van der Waals surface area contributed by atoms with Crippen LogP contribution in [-0.2, 0) is 14.3 Å². The van der Waals surface area contributed by atoms with Crippen LogP contribution in [0.4, 0.5) is 0 Å². The predicted molar refractivity (Wildman–Crippen MR) is 117 cm³/mol. The minimum absolute atomic E-state index is 0.0498. The number of rotatable bonds is 20. The molecule has 0 aromatic carbocycles. The van der Waals surface area contributed by atoms with E-state index in [1.165, 1.54) is 77.7 Å². The van der Waals surface area contributed by atoms with E-state index in [2.05, 4.69) is 12.2 Å². The van der Waals surface area contributed by atoms with Crippen LogP contribution in [0, 0.1) is 0 Å². The number of nitrogens with two attached hydrogens (primary N) is 1. The van der Waals surface area contributed by atoms with Gasteiger partial charge in [0.25, 0.3) is 0 Å². The van der Waals surface area contributed by atoms with Gasteiger partial charge in [0, 0.05) is 6.42 Å². The third-order valence-corrected chi connectivity index (χ3v) is 5.28. The van der Waals surface area contributed by atoms with Gasteiger partial charge in [-0.2, -0.15) is 0 Å². The Balaban J connectivity index is 3.57. The standard InChI is InChI=1S/C23H46N2O3/c1-3-4-5-6-7-8-9-10-11-12-13-14-15-19-22(26)25-21(23(27)28-2)18-16-17-20-24/h21H,3-20,24H2,1-2H3,(H,25,26). The number of nitrogens with one attached hydrogen (secondary N) is 1. The lowest BCUT2D eigenvalue weighted by molar-refractivity contribution is -0.145. The molecule has 3 N–H and O–H groups in total. The zero-order valence-corrected chi connectivity index (χ0v) is 18.6. The van der Waals surface area contributed by atoms with E-state index in [0.717, 1.165) is 25.7 Å². The molecule has 1 unspecified atom stereocenters. The zero-order valence-electron chi connectivity index (χ0n) is 18.6. The summed E-state index contributed by atoms with van der Waals surface area (Å²) in [7, 11) is 1.36. The maximum absolute atomic E-state index is 12.1. The largest absolute Gasteiger partial charge is 0.467 e. The molecule has 1 amide bonds. The number of carbonyl (C=O) groups excluding carboxylic acids is 2. The van der Waals surface area contributed by atoms with E-state index in [1.807, 2.05) is 0 Å². The van der Waals surface area contributed by atoms with Crippen LogP contribution in [0.3, 0.4) is 0 Å². The predicted octanol–water partition coefficient (Wildman–Crippen LogP) is 5.25. The fraction of sp³-hybridized carbons (Fsp3) is 0.913. The van der Waals surface area contributed by atoms with Crippen molar-refractivity contribution < 1.29 is 14.3 Å². The molecule has 0 saturated heterocycles. The average molecular weight is 399 g/mol. The first-order chi connectivity index (χ1) is 13.7. The van der Waals surface area contributed by atoms with Crippen LogP contribution in [0.25, 0.3) is 0 Å². The van der Waals surface area contributed by atoms with Crippen LogP contribution >= 0.6 is 0 Å². The molecule has 5 heteroatoms. The summed E-state index contributed by atoms with van der Waals surface area (Å²) in [4.78, 5) is 23.8. The summed E-state index contributed by atoms with van der Waals surface area (Å²) in [5.74, 6) is -0.415. The highest BCUT2D eigenvalue weighted by molar-refractivity contribution is 5.84. The molecule has 0 heterocycles. The number of unbranched alkanes of at least 4 members (excludes halogenated alkanes) is 13. The smallest absolute Gasteiger partial charge is 0.328 e. The van der Waals surface area contributed by atoms with Gasteiger partial charge < -0.3 is 15.8 Å². The summed E-state index contributed by atoms with van der Waals surface area (Å²) in [6.45, 7) is 2.86. The van der Waals surface area contributed by atoms with Gasteiger partial charge >= 0.3 is 5.97 Å². The molecule has 0 aromatic heterocycles. The van der Waals surface area contributed by atoms with E-state index < -0.39 is 6.04 Å². The van der Waals surface area contributed by atoms with Crippen LogP contribution in [0.1, 0.15) is 116 Å². The van der Waals surface area contributed by atoms with Crippen LogP contribution in [0.2, 0.25) is 0 Å². The summed E-state index contributed by atoms with van der Waals surface area (Å²) < 4.78 is 4.78. The monoisotopic (exact) mass is 398 g/mol. The normalized spacial score (nSPS) is 12.0. The number of methoxy groups -OCH3 is 1. The molecule has 0 rings (SSSR count). The lowest BCUT2D eigenvalue weighted by Gasteiger charge is -2.16. The van der Waals surface area contributed by atoms with Gasteiger partial charge in [-0.25, -0.2) is 4.79 Å². The molecule has 0 aliphatic heterocycles. The van der Waals surface area contributed by atoms with E-state index in [0.29, 0.717) is 19.4 Å². The van der Waals surface area contributed by atoms with E-state index >= 15 is 0 Å². The van der Waals surface area contributed by atoms with E-state index in [9.17, 15) is 9.59 Å². The van der Waals surface area contributed by atoms with Gasteiger partial charge in [-0.15, -0.1) is 0 Å². The van der Waals surface area contributed by atoms with Crippen molar-refractivity contribution in [1.82, 2.24) is 5.32 Å². The highest BCUT2D eigenvalue weighted by Gasteiger charge is 2.20. The Morgan fingerprint density at radius 3 is 1.75 bits per heavy atom. The van der Waals surface area contributed by atoms with Crippen molar-refractivity contribution in [3.8, 4) is 0 Å². The van der Waals surface area contributed by atoms with Gasteiger partial charge in [0.15, 0.2) is 0 Å². The minimum Gasteiger partial charge on any atom is -0.467 e. The van der Waals surface area contributed by atoms with Crippen molar-refractivity contribution in [3.05, 3.63) is 0 Å². The first-order valence-electron chi connectivity index (χ1n) is 11.7. The number of esters is 1. The summed E-state index contributed by atoms with van der Waals surface area (Å²) in [6.07, 6.45) is 19.5.